The molecule has 1 fully saturated rings. The number of hydrogen-bond donors (Lipinski definition) is 3. The van der Waals surface area contributed by atoms with Gasteiger partial charge in [0.15, 0.2) is 6.54 Å². The van der Waals surface area contributed by atoms with E-state index in [1.165, 1.54) is 16.0 Å². The van der Waals surface area contributed by atoms with Crippen LogP contribution in [0.4, 0.5) is 0 Å². The van der Waals surface area contributed by atoms with Crippen LogP contribution in [0.2, 0.25) is 0 Å². The van der Waals surface area contributed by atoms with Crippen molar-refractivity contribution in [1.29, 1.82) is 0 Å². The van der Waals surface area contributed by atoms with Gasteiger partial charge < -0.3 is 16.0 Å². The molecule has 0 radical (unpaired) electrons. The molecular formula is C18H28N3O2+. The Morgan fingerprint density at radius 3 is 2.48 bits per heavy atom. The number of nitrogens with two attached hydrogens (primary N) is 1. The molecule has 5 nitrogen and oxygen atoms in total. The Balaban J connectivity index is 1.82. The molecule has 1 aromatic carbocycles. The summed E-state index contributed by atoms with van der Waals surface area (Å²) >= 11 is 0. The van der Waals surface area contributed by atoms with Crippen molar-refractivity contribution in [3.63, 3.8) is 0 Å². The van der Waals surface area contributed by atoms with E-state index in [0.717, 1.165) is 31.5 Å². The van der Waals surface area contributed by atoms with Gasteiger partial charge in [-0.15, -0.1) is 0 Å². The average molecular weight is 318 g/mol. The fourth-order valence-corrected chi connectivity index (χ4v) is 3.12. The number of likely N-dealkylation sites (tertiary alicyclic amines) is 1. The van der Waals surface area contributed by atoms with Crippen LogP contribution in [0, 0.1) is 19.8 Å². The second kappa shape index (κ2) is 7.59. The molecular weight excluding hydrogens is 290 g/mol. The van der Waals surface area contributed by atoms with Crippen LogP contribution in [0.5, 0.6) is 0 Å². The number of rotatable bonds is 5. The van der Waals surface area contributed by atoms with Gasteiger partial charge in [-0.1, -0.05) is 18.2 Å². The van der Waals surface area contributed by atoms with E-state index in [1.54, 1.807) is 0 Å². The van der Waals surface area contributed by atoms with E-state index in [0.29, 0.717) is 6.54 Å². The Kier molecular flexibility index (Phi) is 5.77. The monoisotopic (exact) mass is 318 g/mol. The van der Waals surface area contributed by atoms with E-state index in [1.807, 2.05) is 6.92 Å². The molecule has 1 heterocycles. The maximum atomic E-state index is 12.2. The van der Waals surface area contributed by atoms with Crippen molar-refractivity contribution in [2.24, 2.45) is 11.7 Å². The Bertz CT molecular complexity index is 578. The van der Waals surface area contributed by atoms with Crippen LogP contribution in [-0.4, -0.2) is 31.4 Å². The van der Waals surface area contributed by atoms with Crippen LogP contribution >= 0.6 is 0 Å². The van der Waals surface area contributed by atoms with E-state index in [-0.39, 0.29) is 23.8 Å². The van der Waals surface area contributed by atoms with Crippen molar-refractivity contribution in [2.75, 3.05) is 19.6 Å². The number of benzene rings is 1. The summed E-state index contributed by atoms with van der Waals surface area (Å²) in [6, 6.07) is 6.29. The van der Waals surface area contributed by atoms with E-state index in [2.05, 4.69) is 37.4 Å². The zero-order chi connectivity index (χ0) is 17.0. The van der Waals surface area contributed by atoms with Gasteiger partial charge in [0.05, 0.1) is 19.1 Å². The summed E-state index contributed by atoms with van der Waals surface area (Å²) in [7, 11) is 0. The second-order valence-electron chi connectivity index (χ2n) is 6.74. The summed E-state index contributed by atoms with van der Waals surface area (Å²) in [5.41, 5.74) is 8.97. The van der Waals surface area contributed by atoms with Crippen molar-refractivity contribution in [3.05, 3.63) is 34.9 Å². The van der Waals surface area contributed by atoms with E-state index < -0.39 is 0 Å². The van der Waals surface area contributed by atoms with Gasteiger partial charge in [-0.3, -0.25) is 9.59 Å². The minimum absolute atomic E-state index is 0.00404. The first-order chi connectivity index (χ1) is 10.9. The number of aryl methyl sites for hydroxylation is 2. The highest BCUT2D eigenvalue weighted by molar-refractivity contribution is 5.77. The molecule has 2 amide bonds. The van der Waals surface area contributed by atoms with Crippen LogP contribution in [0.15, 0.2) is 18.2 Å². The van der Waals surface area contributed by atoms with Crippen LogP contribution < -0.4 is 16.0 Å². The first-order valence-electron chi connectivity index (χ1n) is 8.36. The predicted molar refractivity (Wildman–Crippen MR) is 90.0 cm³/mol. The van der Waals surface area contributed by atoms with Gasteiger partial charge >= 0.3 is 0 Å². The largest absolute Gasteiger partial charge is 0.369 e. The summed E-state index contributed by atoms with van der Waals surface area (Å²) in [6.07, 6.45) is 1.56. The Hall–Kier alpha value is -1.88. The zero-order valence-electron chi connectivity index (χ0n) is 14.3. The summed E-state index contributed by atoms with van der Waals surface area (Å²) < 4.78 is 0. The molecule has 1 aromatic rings. The normalized spacial score (nSPS) is 22.4. The fourth-order valence-electron chi connectivity index (χ4n) is 3.12. The maximum Gasteiger partial charge on any atom is 0.275 e. The lowest BCUT2D eigenvalue weighted by atomic mass is 9.96. The molecule has 0 unspecified atom stereocenters. The molecule has 1 saturated heterocycles. The molecule has 1 atom stereocenters. The van der Waals surface area contributed by atoms with Crippen molar-refractivity contribution in [1.82, 2.24) is 5.32 Å². The smallest absolute Gasteiger partial charge is 0.275 e. The summed E-state index contributed by atoms with van der Waals surface area (Å²) in [6.45, 7) is 8.30. The Morgan fingerprint density at radius 2 is 1.91 bits per heavy atom. The van der Waals surface area contributed by atoms with Crippen LogP contribution in [0.1, 0.15) is 42.5 Å². The lowest BCUT2D eigenvalue weighted by molar-refractivity contribution is -0.897. The number of quaternary nitrogens is 1. The van der Waals surface area contributed by atoms with Crippen molar-refractivity contribution < 1.29 is 14.5 Å². The van der Waals surface area contributed by atoms with Gasteiger partial charge in [0.2, 0.25) is 5.91 Å². The summed E-state index contributed by atoms with van der Waals surface area (Å²) in [5, 5.41) is 3.07. The highest BCUT2D eigenvalue weighted by Gasteiger charge is 2.27. The topological polar surface area (TPSA) is 76.6 Å². The number of hydrogen-bond acceptors (Lipinski definition) is 2. The zero-order valence-corrected chi connectivity index (χ0v) is 14.3. The molecule has 0 spiro atoms. The number of primary amides is 1. The minimum Gasteiger partial charge on any atom is -0.369 e. The number of carbonyl (C=O) groups excluding carboxylic acids is 2. The lowest BCUT2D eigenvalue weighted by Gasteiger charge is -2.27. The fraction of sp³-hybridized carbons (Fsp3) is 0.556. The standard InChI is InChI=1S/C18H27N3O2/c1-12-4-5-16(10-13(12)2)14(3)20-17(22)11-21-8-6-15(7-9-21)18(19)23/h4-5,10,14-15H,6-9,11H2,1-3H3,(H2,19,23)(H,20,22)/p+1/t14-/m1/s1. The van der Waals surface area contributed by atoms with Gasteiger partial charge in [-0.2, -0.15) is 0 Å². The minimum atomic E-state index is -0.211. The van der Waals surface area contributed by atoms with E-state index in [4.69, 9.17) is 5.73 Å². The van der Waals surface area contributed by atoms with Crippen LogP contribution in [0.3, 0.4) is 0 Å². The Morgan fingerprint density at radius 1 is 1.26 bits per heavy atom. The van der Waals surface area contributed by atoms with Gasteiger partial charge in [-0.25, -0.2) is 0 Å². The van der Waals surface area contributed by atoms with E-state index >= 15 is 0 Å². The van der Waals surface area contributed by atoms with Crippen molar-refractivity contribution in [3.8, 4) is 0 Å². The first-order valence-corrected chi connectivity index (χ1v) is 8.36. The second-order valence-corrected chi connectivity index (χ2v) is 6.74. The number of carbonyl (C=O) groups is 2. The third-order valence-corrected chi connectivity index (χ3v) is 4.91. The molecule has 0 bridgehead atoms. The summed E-state index contributed by atoms with van der Waals surface area (Å²) in [4.78, 5) is 24.6. The molecule has 23 heavy (non-hydrogen) atoms. The molecule has 1 aliphatic rings. The molecule has 126 valence electrons. The predicted octanol–water partition coefficient (Wildman–Crippen LogP) is 0.261. The third kappa shape index (κ3) is 4.79. The molecule has 5 heteroatoms. The highest BCUT2D eigenvalue weighted by atomic mass is 16.2. The van der Waals surface area contributed by atoms with Crippen LogP contribution in [-0.2, 0) is 9.59 Å². The van der Waals surface area contributed by atoms with Crippen molar-refractivity contribution >= 4 is 11.8 Å². The summed E-state index contributed by atoms with van der Waals surface area (Å²) in [5.74, 6) is -0.170. The lowest BCUT2D eigenvalue weighted by Crippen LogP contribution is -3.14. The quantitative estimate of drug-likeness (QED) is 0.728. The molecule has 2 rings (SSSR count). The molecule has 0 aliphatic carbocycles. The molecule has 0 aromatic heterocycles. The molecule has 0 saturated carbocycles. The van der Waals surface area contributed by atoms with Gasteiger partial charge in [0, 0.05) is 18.8 Å². The van der Waals surface area contributed by atoms with E-state index in [9.17, 15) is 9.59 Å². The van der Waals surface area contributed by atoms with Gasteiger partial charge in [-0.05, 0) is 37.5 Å². The van der Waals surface area contributed by atoms with Gasteiger partial charge in [0.25, 0.3) is 5.91 Å². The first kappa shape index (κ1) is 17.5. The van der Waals surface area contributed by atoms with Gasteiger partial charge in [0.1, 0.15) is 0 Å². The molecule has 1 aliphatic heterocycles. The number of nitrogens with one attached hydrogen (secondary N) is 2. The number of amides is 2. The third-order valence-electron chi connectivity index (χ3n) is 4.91. The molecule has 4 N–H and O–H groups in total. The maximum absolute atomic E-state index is 12.2. The average Bonchev–Trinajstić information content (AvgIpc) is 2.50. The Labute approximate surface area is 138 Å². The highest BCUT2D eigenvalue weighted by Crippen LogP contribution is 2.16. The SMILES string of the molecule is Cc1ccc([C@@H](C)NC(=O)C[NH+]2CCC(C(N)=O)CC2)cc1C. The van der Waals surface area contributed by atoms with Crippen molar-refractivity contribution in [2.45, 2.75) is 39.7 Å². The van der Waals surface area contributed by atoms with Crippen LogP contribution in [0.25, 0.3) is 0 Å². The number of piperidine rings is 1.